The Morgan fingerprint density at radius 1 is 0.897 bits per heavy atom. The zero-order valence-electron chi connectivity index (χ0n) is 16.7. The second-order valence-corrected chi connectivity index (χ2v) is 9.89. The van der Waals surface area contributed by atoms with E-state index in [2.05, 4.69) is 0 Å². The average molecular weight is 402 g/mol. The smallest absolute Gasteiger partial charge is 0.256 e. The Kier molecular flexibility index (Phi) is 4.63. The zero-order chi connectivity index (χ0) is 20.2. The zero-order valence-corrected chi connectivity index (χ0v) is 16.7. The van der Waals surface area contributed by atoms with E-state index in [0.29, 0.717) is 32.6 Å². The molecule has 0 radical (unpaired) electrons. The molecule has 1 aromatic carbocycles. The number of amides is 2. The Morgan fingerprint density at radius 2 is 1.45 bits per heavy atom. The first-order chi connectivity index (χ1) is 13.9. The molecule has 0 atom stereocenters. The number of carbonyl (C=O) groups excluding carboxylic acids is 2. The van der Waals surface area contributed by atoms with Crippen LogP contribution in [0.4, 0.5) is 8.78 Å². The van der Waals surface area contributed by atoms with Crippen molar-refractivity contribution in [2.75, 3.05) is 26.2 Å². The maximum atomic E-state index is 13.9. The molecule has 1 aromatic rings. The quantitative estimate of drug-likeness (QED) is 0.770. The van der Waals surface area contributed by atoms with Crippen LogP contribution in [0.15, 0.2) is 18.2 Å². The molecule has 0 spiro atoms. The van der Waals surface area contributed by atoms with E-state index in [1.54, 1.807) is 4.90 Å². The summed E-state index contributed by atoms with van der Waals surface area (Å²) in [6, 6.07) is 3.03. The van der Waals surface area contributed by atoms with Crippen LogP contribution in [0.3, 0.4) is 0 Å². The lowest BCUT2D eigenvalue weighted by atomic mass is 9.49. The van der Waals surface area contributed by atoms with Crippen molar-refractivity contribution in [3.05, 3.63) is 35.4 Å². The highest BCUT2D eigenvalue weighted by Gasteiger charge is 2.51. The molecule has 1 aliphatic heterocycles. The summed E-state index contributed by atoms with van der Waals surface area (Å²) in [5, 5.41) is 0. The summed E-state index contributed by atoms with van der Waals surface area (Å²) < 4.78 is 27.0. The van der Waals surface area contributed by atoms with Gasteiger partial charge in [0, 0.05) is 38.7 Å². The standard InChI is InChI=1S/C23H28F2N2O2/c24-18-1-2-19(20(25)10-18)22(29)27-5-3-26(4-6-27)21(28)14-23-11-15-7-16(12-23)9-17(8-15)13-23/h1-2,10,15-17H,3-9,11-14H2. The molecule has 4 saturated carbocycles. The topological polar surface area (TPSA) is 40.6 Å². The third kappa shape index (κ3) is 3.55. The van der Waals surface area contributed by atoms with E-state index < -0.39 is 17.5 Å². The number of hydrogen-bond acceptors (Lipinski definition) is 2. The molecule has 1 saturated heterocycles. The van der Waals surface area contributed by atoms with Crippen molar-refractivity contribution < 1.29 is 18.4 Å². The molecule has 0 unspecified atom stereocenters. The summed E-state index contributed by atoms with van der Waals surface area (Å²) in [4.78, 5) is 29.0. The highest BCUT2D eigenvalue weighted by Crippen LogP contribution is 2.61. The molecule has 0 aromatic heterocycles. The lowest BCUT2D eigenvalue weighted by Gasteiger charge is -2.57. The van der Waals surface area contributed by atoms with Crippen LogP contribution in [-0.4, -0.2) is 47.8 Å². The Labute approximate surface area is 170 Å². The molecule has 2 amide bonds. The summed E-state index contributed by atoms with van der Waals surface area (Å²) in [6.07, 6.45) is 8.40. The number of carbonyl (C=O) groups is 2. The number of rotatable bonds is 3. The van der Waals surface area contributed by atoms with Gasteiger partial charge in [0.05, 0.1) is 5.56 Å². The Hall–Kier alpha value is -1.98. The van der Waals surface area contributed by atoms with E-state index in [1.807, 2.05) is 4.90 Å². The third-order valence-corrected chi connectivity index (χ3v) is 7.77. The highest BCUT2D eigenvalue weighted by molar-refractivity contribution is 5.94. The minimum atomic E-state index is -0.838. The second kappa shape index (κ2) is 7.06. The van der Waals surface area contributed by atoms with Gasteiger partial charge in [0.2, 0.25) is 5.91 Å². The Morgan fingerprint density at radius 3 is 2.00 bits per heavy atom. The third-order valence-electron chi connectivity index (χ3n) is 7.77. The van der Waals surface area contributed by atoms with Gasteiger partial charge in [-0.2, -0.15) is 0 Å². The van der Waals surface area contributed by atoms with Crippen LogP contribution in [0.1, 0.15) is 55.3 Å². The van der Waals surface area contributed by atoms with E-state index >= 15 is 0 Å². The molecule has 156 valence electrons. The molecule has 6 rings (SSSR count). The van der Waals surface area contributed by atoms with Crippen molar-refractivity contribution in [2.24, 2.45) is 23.2 Å². The molecule has 29 heavy (non-hydrogen) atoms. The highest BCUT2D eigenvalue weighted by atomic mass is 19.1. The minimum absolute atomic E-state index is 0.111. The summed E-state index contributed by atoms with van der Waals surface area (Å²) in [6.45, 7) is 1.75. The van der Waals surface area contributed by atoms with Gasteiger partial charge in [0.15, 0.2) is 0 Å². The van der Waals surface area contributed by atoms with Gasteiger partial charge in [-0.15, -0.1) is 0 Å². The van der Waals surface area contributed by atoms with Gasteiger partial charge in [-0.05, 0) is 73.8 Å². The van der Waals surface area contributed by atoms with E-state index in [-0.39, 0.29) is 16.9 Å². The SMILES string of the molecule is O=C(CC12CC3CC(CC(C3)C1)C2)N1CCN(C(=O)c2ccc(F)cc2F)CC1. The normalized spacial score (nSPS) is 33.2. The monoisotopic (exact) mass is 402 g/mol. The van der Waals surface area contributed by atoms with Gasteiger partial charge in [0.1, 0.15) is 11.6 Å². The number of nitrogens with zero attached hydrogens (tertiary/aromatic N) is 2. The van der Waals surface area contributed by atoms with Crippen LogP contribution in [0.5, 0.6) is 0 Å². The maximum absolute atomic E-state index is 13.9. The van der Waals surface area contributed by atoms with Gasteiger partial charge in [0.25, 0.3) is 5.91 Å². The second-order valence-electron chi connectivity index (χ2n) is 9.89. The van der Waals surface area contributed by atoms with Crippen molar-refractivity contribution in [2.45, 2.75) is 44.9 Å². The molecule has 4 nitrogen and oxygen atoms in total. The van der Waals surface area contributed by atoms with Gasteiger partial charge in [-0.3, -0.25) is 9.59 Å². The number of halogens is 2. The fourth-order valence-corrected chi connectivity index (χ4v) is 6.93. The summed E-state index contributed by atoms with van der Waals surface area (Å²) in [7, 11) is 0. The first kappa shape index (κ1) is 19.0. The molecule has 5 aliphatic rings. The van der Waals surface area contributed by atoms with Crippen molar-refractivity contribution in [3.8, 4) is 0 Å². The molecule has 0 N–H and O–H groups in total. The average Bonchev–Trinajstić information content (AvgIpc) is 2.66. The van der Waals surface area contributed by atoms with Crippen molar-refractivity contribution >= 4 is 11.8 Å². The lowest BCUT2D eigenvalue weighted by Crippen LogP contribution is -2.53. The molecular formula is C23H28F2N2O2. The predicted octanol–water partition coefficient (Wildman–Crippen LogP) is 3.86. The fraction of sp³-hybridized carbons (Fsp3) is 0.652. The summed E-state index contributed by atoms with van der Waals surface area (Å²) >= 11 is 0. The Balaban J connectivity index is 1.19. The van der Waals surface area contributed by atoms with Crippen LogP contribution in [-0.2, 0) is 4.79 Å². The predicted molar refractivity (Wildman–Crippen MR) is 104 cm³/mol. The van der Waals surface area contributed by atoms with E-state index in [9.17, 15) is 18.4 Å². The van der Waals surface area contributed by atoms with Crippen molar-refractivity contribution in [1.29, 1.82) is 0 Å². The molecule has 6 heteroatoms. The fourth-order valence-electron chi connectivity index (χ4n) is 6.93. The summed E-state index contributed by atoms with van der Waals surface area (Å²) in [5.41, 5.74) is 0.107. The molecular weight excluding hydrogens is 374 g/mol. The van der Waals surface area contributed by atoms with E-state index in [0.717, 1.165) is 29.9 Å². The lowest BCUT2D eigenvalue weighted by molar-refractivity contribution is -0.141. The van der Waals surface area contributed by atoms with E-state index in [1.165, 1.54) is 44.6 Å². The maximum Gasteiger partial charge on any atom is 0.256 e. The first-order valence-corrected chi connectivity index (χ1v) is 10.9. The first-order valence-electron chi connectivity index (χ1n) is 10.9. The van der Waals surface area contributed by atoms with Crippen molar-refractivity contribution in [3.63, 3.8) is 0 Å². The summed E-state index contributed by atoms with van der Waals surface area (Å²) in [5.74, 6) is 0.731. The largest absolute Gasteiger partial charge is 0.339 e. The molecule has 1 heterocycles. The van der Waals surface area contributed by atoms with Crippen LogP contribution < -0.4 is 0 Å². The van der Waals surface area contributed by atoms with E-state index in [4.69, 9.17) is 0 Å². The minimum Gasteiger partial charge on any atom is -0.339 e. The van der Waals surface area contributed by atoms with Gasteiger partial charge in [-0.25, -0.2) is 8.78 Å². The van der Waals surface area contributed by atoms with Crippen LogP contribution in [0.2, 0.25) is 0 Å². The molecule has 4 aliphatic carbocycles. The van der Waals surface area contributed by atoms with Gasteiger partial charge < -0.3 is 9.80 Å². The van der Waals surface area contributed by atoms with Crippen LogP contribution in [0, 0.1) is 34.8 Å². The van der Waals surface area contributed by atoms with Gasteiger partial charge in [-0.1, -0.05) is 0 Å². The van der Waals surface area contributed by atoms with Crippen LogP contribution >= 0.6 is 0 Å². The number of hydrogen-bond donors (Lipinski definition) is 0. The van der Waals surface area contributed by atoms with Gasteiger partial charge >= 0.3 is 0 Å². The number of piperazine rings is 1. The number of benzene rings is 1. The Bertz CT molecular complexity index is 797. The molecule has 4 bridgehead atoms. The van der Waals surface area contributed by atoms with Crippen molar-refractivity contribution in [1.82, 2.24) is 9.80 Å². The van der Waals surface area contributed by atoms with Crippen LogP contribution in [0.25, 0.3) is 0 Å². The molecule has 5 fully saturated rings.